The fourth-order valence-electron chi connectivity index (χ4n) is 2.85. The fraction of sp³-hybridized carbons (Fsp3) is 0.588. The zero-order valence-electron chi connectivity index (χ0n) is 12.4. The van der Waals surface area contributed by atoms with Crippen molar-refractivity contribution in [2.75, 3.05) is 26.2 Å². The first-order valence-corrected chi connectivity index (χ1v) is 7.70. The summed E-state index contributed by atoms with van der Waals surface area (Å²) in [6, 6.07) is 13.0. The van der Waals surface area contributed by atoms with Crippen molar-refractivity contribution in [3.8, 4) is 6.07 Å². The molecule has 1 aromatic carbocycles. The molecular weight excluding hydrogens is 246 g/mol. The molecule has 0 bridgehead atoms. The van der Waals surface area contributed by atoms with E-state index < -0.39 is 0 Å². The number of nitrogens with one attached hydrogen (secondary N) is 1. The van der Waals surface area contributed by atoms with Crippen molar-refractivity contribution in [2.45, 2.75) is 38.1 Å². The average Bonchev–Trinajstić information content (AvgIpc) is 2.53. The van der Waals surface area contributed by atoms with Gasteiger partial charge in [0.05, 0.1) is 12.0 Å². The molecular formula is C17H25N3. The number of piperidine rings is 1. The van der Waals surface area contributed by atoms with Gasteiger partial charge in [0.15, 0.2) is 0 Å². The van der Waals surface area contributed by atoms with Crippen LogP contribution in [0.4, 0.5) is 0 Å². The third-order valence-electron chi connectivity index (χ3n) is 4.16. The summed E-state index contributed by atoms with van der Waals surface area (Å²) in [5.41, 5.74) is 1.10. The highest BCUT2D eigenvalue weighted by molar-refractivity contribution is 5.24. The molecule has 1 aliphatic rings. The summed E-state index contributed by atoms with van der Waals surface area (Å²) < 4.78 is 0. The predicted octanol–water partition coefficient (Wildman–Crippen LogP) is 2.76. The van der Waals surface area contributed by atoms with Gasteiger partial charge < -0.3 is 5.32 Å². The first kappa shape index (κ1) is 15.0. The van der Waals surface area contributed by atoms with E-state index in [0.29, 0.717) is 6.04 Å². The Labute approximate surface area is 122 Å². The number of hydrogen-bond acceptors (Lipinski definition) is 3. The molecule has 3 heteroatoms. The highest BCUT2D eigenvalue weighted by atomic mass is 15.2. The molecule has 3 nitrogen and oxygen atoms in total. The maximum Gasteiger partial charge on any atom is 0.0837 e. The highest BCUT2D eigenvalue weighted by Gasteiger charge is 2.17. The number of nitriles is 1. The lowest BCUT2D eigenvalue weighted by molar-refractivity contribution is 0.171. The van der Waals surface area contributed by atoms with Gasteiger partial charge in [-0.1, -0.05) is 36.8 Å². The Kier molecular flexibility index (Phi) is 6.04. The molecule has 2 rings (SSSR count). The summed E-state index contributed by atoms with van der Waals surface area (Å²) in [5.74, 6) is -0.0512. The molecule has 2 unspecified atom stereocenters. The van der Waals surface area contributed by atoms with Gasteiger partial charge in [-0.25, -0.2) is 0 Å². The quantitative estimate of drug-likeness (QED) is 0.864. The minimum atomic E-state index is -0.0512. The van der Waals surface area contributed by atoms with Crippen LogP contribution in [0.5, 0.6) is 0 Å². The van der Waals surface area contributed by atoms with E-state index in [1.54, 1.807) is 0 Å². The monoisotopic (exact) mass is 271 g/mol. The maximum absolute atomic E-state index is 9.29. The van der Waals surface area contributed by atoms with Gasteiger partial charge in [-0.2, -0.15) is 5.26 Å². The number of benzene rings is 1. The van der Waals surface area contributed by atoms with Crippen molar-refractivity contribution in [3.63, 3.8) is 0 Å². The van der Waals surface area contributed by atoms with Crippen molar-refractivity contribution >= 4 is 0 Å². The molecule has 1 N–H and O–H groups in total. The van der Waals surface area contributed by atoms with Gasteiger partial charge in [0.1, 0.15) is 0 Å². The average molecular weight is 271 g/mol. The molecule has 1 heterocycles. The molecule has 0 radical (unpaired) electrons. The van der Waals surface area contributed by atoms with Crippen molar-refractivity contribution in [1.82, 2.24) is 10.2 Å². The van der Waals surface area contributed by atoms with E-state index in [0.717, 1.165) is 18.7 Å². The SMILES string of the molecule is CC(CNCC(C#N)c1ccccc1)N1CCCCC1. The van der Waals surface area contributed by atoms with E-state index in [9.17, 15) is 5.26 Å². The molecule has 1 aliphatic heterocycles. The molecule has 1 aromatic rings. The van der Waals surface area contributed by atoms with Gasteiger partial charge in [0, 0.05) is 19.1 Å². The lowest BCUT2D eigenvalue weighted by Gasteiger charge is -2.32. The van der Waals surface area contributed by atoms with Crippen LogP contribution in [0.3, 0.4) is 0 Å². The van der Waals surface area contributed by atoms with E-state index in [4.69, 9.17) is 0 Å². The highest BCUT2D eigenvalue weighted by Crippen LogP contribution is 2.14. The zero-order valence-corrected chi connectivity index (χ0v) is 12.4. The molecule has 0 amide bonds. The third kappa shape index (κ3) is 4.33. The van der Waals surface area contributed by atoms with Gasteiger partial charge in [-0.3, -0.25) is 4.90 Å². The Morgan fingerprint density at radius 2 is 1.85 bits per heavy atom. The van der Waals surface area contributed by atoms with E-state index in [1.807, 2.05) is 30.3 Å². The topological polar surface area (TPSA) is 39.1 Å². The van der Waals surface area contributed by atoms with Crippen LogP contribution in [0.15, 0.2) is 30.3 Å². The lowest BCUT2D eigenvalue weighted by atomic mass is 10.0. The third-order valence-corrected chi connectivity index (χ3v) is 4.16. The van der Waals surface area contributed by atoms with Gasteiger partial charge in [-0.15, -0.1) is 0 Å². The van der Waals surface area contributed by atoms with Crippen LogP contribution in [0.1, 0.15) is 37.7 Å². The molecule has 0 saturated carbocycles. The van der Waals surface area contributed by atoms with Crippen molar-refractivity contribution < 1.29 is 0 Å². The van der Waals surface area contributed by atoms with Crippen LogP contribution in [-0.2, 0) is 0 Å². The van der Waals surface area contributed by atoms with Gasteiger partial charge in [0.2, 0.25) is 0 Å². The normalized spacial score (nSPS) is 19.2. The predicted molar refractivity (Wildman–Crippen MR) is 82.6 cm³/mol. The lowest BCUT2D eigenvalue weighted by Crippen LogP contribution is -2.43. The Morgan fingerprint density at radius 3 is 2.50 bits per heavy atom. The summed E-state index contributed by atoms with van der Waals surface area (Å²) in [6.07, 6.45) is 4.03. The second-order valence-electron chi connectivity index (χ2n) is 5.70. The van der Waals surface area contributed by atoms with Crippen LogP contribution in [0.2, 0.25) is 0 Å². The molecule has 2 atom stereocenters. The molecule has 0 aromatic heterocycles. The second kappa shape index (κ2) is 8.04. The molecule has 1 saturated heterocycles. The fourth-order valence-corrected chi connectivity index (χ4v) is 2.85. The van der Waals surface area contributed by atoms with E-state index >= 15 is 0 Å². The number of rotatable bonds is 6. The largest absolute Gasteiger partial charge is 0.314 e. The van der Waals surface area contributed by atoms with Crippen molar-refractivity contribution in [1.29, 1.82) is 5.26 Å². The standard InChI is InChI=1S/C17H25N3/c1-15(20-10-6-3-7-11-20)13-19-14-17(12-18)16-8-4-2-5-9-16/h2,4-5,8-9,15,17,19H,3,6-7,10-11,13-14H2,1H3. The maximum atomic E-state index is 9.29. The molecule has 108 valence electrons. The Hall–Kier alpha value is -1.37. The van der Waals surface area contributed by atoms with E-state index in [1.165, 1.54) is 32.4 Å². The van der Waals surface area contributed by atoms with Crippen LogP contribution >= 0.6 is 0 Å². The Balaban J connectivity index is 1.75. The van der Waals surface area contributed by atoms with Crippen LogP contribution in [0.25, 0.3) is 0 Å². The van der Waals surface area contributed by atoms with Crippen molar-refractivity contribution in [2.24, 2.45) is 0 Å². The Bertz CT molecular complexity index is 418. The van der Waals surface area contributed by atoms with E-state index in [2.05, 4.69) is 23.2 Å². The van der Waals surface area contributed by atoms with Gasteiger partial charge in [-0.05, 0) is 38.4 Å². The second-order valence-corrected chi connectivity index (χ2v) is 5.70. The first-order chi connectivity index (χ1) is 9.81. The molecule has 20 heavy (non-hydrogen) atoms. The van der Waals surface area contributed by atoms with E-state index in [-0.39, 0.29) is 5.92 Å². The summed E-state index contributed by atoms with van der Waals surface area (Å²) in [6.45, 7) is 6.43. The van der Waals surface area contributed by atoms with Crippen LogP contribution in [0, 0.1) is 11.3 Å². The van der Waals surface area contributed by atoms with Gasteiger partial charge >= 0.3 is 0 Å². The number of nitrogens with zero attached hydrogens (tertiary/aromatic N) is 2. The summed E-state index contributed by atoms with van der Waals surface area (Å²) >= 11 is 0. The first-order valence-electron chi connectivity index (χ1n) is 7.70. The van der Waals surface area contributed by atoms with Crippen molar-refractivity contribution in [3.05, 3.63) is 35.9 Å². The summed E-state index contributed by atoms with van der Waals surface area (Å²) in [5, 5.41) is 12.8. The molecule has 1 fully saturated rings. The molecule has 0 spiro atoms. The smallest absolute Gasteiger partial charge is 0.0837 e. The number of hydrogen-bond donors (Lipinski definition) is 1. The minimum Gasteiger partial charge on any atom is -0.314 e. The molecule has 0 aliphatic carbocycles. The van der Waals surface area contributed by atoms with Crippen LogP contribution in [-0.4, -0.2) is 37.1 Å². The Morgan fingerprint density at radius 1 is 1.15 bits per heavy atom. The summed E-state index contributed by atoms with van der Waals surface area (Å²) in [7, 11) is 0. The van der Waals surface area contributed by atoms with Crippen LogP contribution < -0.4 is 5.32 Å². The summed E-state index contributed by atoms with van der Waals surface area (Å²) in [4.78, 5) is 2.56. The van der Waals surface area contributed by atoms with Gasteiger partial charge in [0.25, 0.3) is 0 Å². The zero-order chi connectivity index (χ0) is 14.2. The number of likely N-dealkylation sites (tertiary alicyclic amines) is 1. The minimum absolute atomic E-state index is 0.0512.